The first-order valence-electron chi connectivity index (χ1n) is 10.1. The van der Waals surface area contributed by atoms with E-state index in [-0.39, 0.29) is 0 Å². The van der Waals surface area contributed by atoms with Crippen LogP contribution in [0.1, 0.15) is 19.2 Å². The van der Waals surface area contributed by atoms with Crippen molar-refractivity contribution in [2.45, 2.75) is 25.8 Å². The van der Waals surface area contributed by atoms with Gasteiger partial charge in [0, 0.05) is 51.7 Å². The summed E-state index contributed by atoms with van der Waals surface area (Å²) >= 11 is 0. The summed E-state index contributed by atoms with van der Waals surface area (Å²) in [5, 5.41) is 3.46. The fourth-order valence-electron chi connectivity index (χ4n) is 3.99. The predicted octanol–water partition coefficient (Wildman–Crippen LogP) is 1.48. The molecule has 1 unspecified atom stereocenters. The molecule has 1 aromatic carbocycles. The van der Waals surface area contributed by atoms with Gasteiger partial charge in [-0.05, 0) is 25.5 Å². The van der Waals surface area contributed by atoms with Crippen LogP contribution in [0.2, 0.25) is 0 Å². The van der Waals surface area contributed by atoms with Crippen LogP contribution >= 0.6 is 0 Å². The van der Waals surface area contributed by atoms with E-state index in [2.05, 4.69) is 38.1 Å². The molecule has 2 fully saturated rings. The molecule has 2 aromatic rings. The van der Waals surface area contributed by atoms with E-state index in [1.165, 1.54) is 6.42 Å². The van der Waals surface area contributed by atoms with Crippen molar-refractivity contribution < 1.29 is 4.74 Å². The molecule has 2 saturated heterocycles. The zero-order chi connectivity index (χ0) is 18.5. The van der Waals surface area contributed by atoms with Crippen LogP contribution in [0.5, 0.6) is 0 Å². The van der Waals surface area contributed by atoms with Crippen LogP contribution in [0.15, 0.2) is 29.3 Å². The predicted molar refractivity (Wildman–Crippen MR) is 108 cm³/mol. The van der Waals surface area contributed by atoms with E-state index in [9.17, 15) is 0 Å². The number of likely N-dealkylation sites (tertiary alicyclic amines) is 1. The first kappa shape index (κ1) is 18.3. The van der Waals surface area contributed by atoms with Gasteiger partial charge in [-0.3, -0.25) is 9.89 Å². The van der Waals surface area contributed by atoms with Crippen LogP contribution in [-0.4, -0.2) is 84.3 Å². The molecule has 4 rings (SSSR count). The maximum absolute atomic E-state index is 5.49. The molecule has 27 heavy (non-hydrogen) atoms. The summed E-state index contributed by atoms with van der Waals surface area (Å²) in [6, 6.07) is 8.78. The number of nitrogens with one attached hydrogen (secondary N) is 2. The van der Waals surface area contributed by atoms with Gasteiger partial charge in [0.05, 0.1) is 24.2 Å². The molecule has 2 N–H and O–H groups in total. The number of hydrogen-bond acceptors (Lipinski definition) is 4. The van der Waals surface area contributed by atoms with E-state index in [0.717, 1.165) is 81.7 Å². The zero-order valence-corrected chi connectivity index (χ0v) is 16.2. The Morgan fingerprint density at radius 3 is 2.96 bits per heavy atom. The standard InChI is InChI=1S/C20H30N6O/c1-2-21-20(26-10-8-16(15-26)25-11-13-27-14-12-25)22-9-7-19-23-17-5-3-4-6-18(17)24-19/h3-6,16H,2,7-15H2,1H3,(H,21,22)(H,23,24). The molecule has 0 saturated carbocycles. The minimum atomic E-state index is 0.619. The highest BCUT2D eigenvalue weighted by molar-refractivity contribution is 5.80. The second-order valence-corrected chi connectivity index (χ2v) is 7.22. The Labute approximate surface area is 160 Å². The number of ether oxygens (including phenoxy) is 1. The van der Waals surface area contributed by atoms with Gasteiger partial charge in [0.1, 0.15) is 5.82 Å². The molecule has 0 bridgehead atoms. The summed E-state index contributed by atoms with van der Waals surface area (Å²) in [6.07, 6.45) is 2.03. The molecular weight excluding hydrogens is 340 g/mol. The van der Waals surface area contributed by atoms with Gasteiger partial charge in [0.2, 0.25) is 0 Å². The number of guanidine groups is 1. The minimum Gasteiger partial charge on any atom is -0.379 e. The number of rotatable bonds is 5. The minimum absolute atomic E-state index is 0.619. The van der Waals surface area contributed by atoms with Crippen molar-refractivity contribution in [3.8, 4) is 0 Å². The largest absolute Gasteiger partial charge is 0.379 e. The molecule has 1 atom stereocenters. The topological polar surface area (TPSA) is 68.8 Å². The lowest BCUT2D eigenvalue weighted by atomic mass is 10.2. The fraction of sp³-hybridized carbons (Fsp3) is 0.600. The molecule has 0 aliphatic carbocycles. The van der Waals surface area contributed by atoms with Crippen molar-refractivity contribution in [3.05, 3.63) is 30.1 Å². The number of nitrogens with zero attached hydrogens (tertiary/aromatic N) is 4. The van der Waals surface area contributed by atoms with Gasteiger partial charge in [-0.25, -0.2) is 4.98 Å². The maximum atomic E-state index is 5.49. The van der Waals surface area contributed by atoms with Crippen molar-refractivity contribution in [2.24, 2.45) is 4.99 Å². The summed E-state index contributed by atoms with van der Waals surface area (Å²) in [6.45, 7) is 9.71. The summed E-state index contributed by atoms with van der Waals surface area (Å²) in [4.78, 5) is 17.9. The summed E-state index contributed by atoms with van der Waals surface area (Å²) in [7, 11) is 0. The number of H-pyrrole nitrogens is 1. The van der Waals surface area contributed by atoms with E-state index in [4.69, 9.17) is 9.73 Å². The van der Waals surface area contributed by atoms with Gasteiger partial charge in [0.25, 0.3) is 0 Å². The van der Waals surface area contributed by atoms with E-state index < -0.39 is 0 Å². The molecule has 0 amide bonds. The monoisotopic (exact) mass is 370 g/mol. The molecule has 146 valence electrons. The van der Waals surface area contributed by atoms with Gasteiger partial charge in [0.15, 0.2) is 5.96 Å². The average molecular weight is 371 g/mol. The Morgan fingerprint density at radius 2 is 2.15 bits per heavy atom. The van der Waals surface area contributed by atoms with Gasteiger partial charge in [-0.2, -0.15) is 0 Å². The highest BCUT2D eigenvalue weighted by Crippen LogP contribution is 2.17. The highest BCUT2D eigenvalue weighted by atomic mass is 16.5. The molecule has 0 spiro atoms. The van der Waals surface area contributed by atoms with Gasteiger partial charge in [-0.1, -0.05) is 12.1 Å². The quantitative estimate of drug-likeness (QED) is 0.616. The summed E-state index contributed by atoms with van der Waals surface area (Å²) in [5.41, 5.74) is 2.12. The number of imidazole rings is 1. The third kappa shape index (κ3) is 4.42. The molecule has 2 aliphatic rings. The Bertz CT molecular complexity index is 734. The number of benzene rings is 1. The van der Waals surface area contributed by atoms with Crippen molar-refractivity contribution in [1.29, 1.82) is 0 Å². The molecule has 7 nitrogen and oxygen atoms in total. The van der Waals surface area contributed by atoms with E-state index in [0.29, 0.717) is 6.04 Å². The molecule has 3 heterocycles. The van der Waals surface area contributed by atoms with E-state index in [1.807, 2.05) is 18.2 Å². The van der Waals surface area contributed by atoms with Crippen molar-refractivity contribution in [3.63, 3.8) is 0 Å². The molecule has 7 heteroatoms. The number of hydrogen-bond donors (Lipinski definition) is 2. The zero-order valence-electron chi connectivity index (χ0n) is 16.2. The Hall–Kier alpha value is -2.12. The highest BCUT2D eigenvalue weighted by Gasteiger charge is 2.30. The molecule has 1 aromatic heterocycles. The van der Waals surface area contributed by atoms with E-state index in [1.54, 1.807) is 0 Å². The first-order valence-corrected chi connectivity index (χ1v) is 10.1. The number of morpholine rings is 1. The lowest BCUT2D eigenvalue weighted by molar-refractivity contribution is 0.0195. The van der Waals surface area contributed by atoms with Crippen molar-refractivity contribution in [1.82, 2.24) is 25.1 Å². The number of aromatic nitrogens is 2. The van der Waals surface area contributed by atoms with Crippen LogP contribution in [0.4, 0.5) is 0 Å². The number of para-hydroxylation sites is 2. The van der Waals surface area contributed by atoms with Crippen LogP contribution in [-0.2, 0) is 11.2 Å². The van der Waals surface area contributed by atoms with Gasteiger partial charge in [-0.15, -0.1) is 0 Å². The fourth-order valence-corrected chi connectivity index (χ4v) is 3.99. The summed E-state index contributed by atoms with van der Waals surface area (Å²) in [5.74, 6) is 2.03. The third-order valence-corrected chi connectivity index (χ3v) is 5.41. The smallest absolute Gasteiger partial charge is 0.193 e. The Morgan fingerprint density at radius 1 is 1.30 bits per heavy atom. The second-order valence-electron chi connectivity index (χ2n) is 7.22. The maximum Gasteiger partial charge on any atom is 0.193 e. The molecular formula is C20H30N6O. The average Bonchev–Trinajstić information content (AvgIpc) is 3.35. The Kier molecular flexibility index (Phi) is 5.89. The third-order valence-electron chi connectivity index (χ3n) is 5.41. The van der Waals surface area contributed by atoms with Crippen molar-refractivity contribution in [2.75, 3.05) is 52.5 Å². The van der Waals surface area contributed by atoms with Gasteiger partial charge >= 0.3 is 0 Å². The Balaban J connectivity index is 1.35. The van der Waals surface area contributed by atoms with Crippen LogP contribution in [0.25, 0.3) is 11.0 Å². The van der Waals surface area contributed by atoms with Crippen molar-refractivity contribution >= 4 is 17.0 Å². The van der Waals surface area contributed by atoms with E-state index >= 15 is 0 Å². The summed E-state index contributed by atoms with van der Waals surface area (Å²) < 4.78 is 5.49. The number of aromatic amines is 1. The normalized spacial score (nSPS) is 21.9. The van der Waals surface area contributed by atoms with Crippen LogP contribution in [0, 0.1) is 0 Å². The lowest BCUT2D eigenvalue weighted by Crippen LogP contribution is -2.46. The SMILES string of the molecule is CCNC(=NCCc1nc2ccccc2[nH]1)N1CCC(N2CCOCC2)C1. The molecule has 0 radical (unpaired) electrons. The second kappa shape index (κ2) is 8.71. The van der Waals surface area contributed by atoms with Crippen LogP contribution < -0.4 is 5.32 Å². The molecule has 2 aliphatic heterocycles. The number of fused-ring (bicyclic) bond motifs is 1. The number of aliphatic imine (C=N–C) groups is 1. The first-order chi connectivity index (χ1) is 13.3. The lowest BCUT2D eigenvalue weighted by Gasteiger charge is -2.32. The van der Waals surface area contributed by atoms with Gasteiger partial charge < -0.3 is 19.9 Å². The van der Waals surface area contributed by atoms with Crippen LogP contribution in [0.3, 0.4) is 0 Å².